The van der Waals surface area contributed by atoms with Crippen LogP contribution in [0, 0.1) is 0 Å². The monoisotopic (exact) mass is 279 g/mol. The molecule has 0 amide bonds. The predicted molar refractivity (Wildman–Crippen MR) is 77.2 cm³/mol. The number of carboxylic acids is 1. The fourth-order valence-electron chi connectivity index (χ4n) is 1.32. The lowest BCUT2D eigenvalue weighted by Crippen LogP contribution is -2.38. The summed E-state index contributed by atoms with van der Waals surface area (Å²) in [5, 5.41) is 11.9. The largest absolute Gasteiger partial charge is 0.480 e. The highest BCUT2D eigenvalue weighted by atomic mass is 19.0. The van der Waals surface area contributed by atoms with Gasteiger partial charge in [0.1, 0.15) is 6.04 Å². The van der Waals surface area contributed by atoms with E-state index in [1.54, 1.807) is 6.08 Å². The second-order valence-electron chi connectivity index (χ2n) is 3.28. The number of rotatable bonds is 6. The third-order valence-electron chi connectivity index (χ3n) is 2.09. The first-order valence-electron chi connectivity index (χ1n) is 4.85. The predicted octanol–water partition coefficient (Wildman–Crippen LogP) is 0.731. The lowest BCUT2D eigenvalue weighted by Gasteiger charge is -2.12. The molecule has 19 heavy (non-hydrogen) atoms. The summed E-state index contributed by atoms with van der Waals surface area (Å²) in [5.74, 6) is -0.833. The maximum Gasteiger partial charge on any atom is 0.321 e. The first-order chi connectivity index (χ1) is 7.24. The van der Waals surface area contributed by atoms with Crippen LogP contribution in [0.1, 0.15) is 5.56 Å². The number of nitrogens with one attached hydrogen (secondary N) is 1. The van der Waals surface area contributed by atoms with Crippen LogP contribution < -0.4 is 5.32 Å². The van der Waals surface area contributed by atoms with Crippen molar-refractivity contribution >= 4 is 14.4 Å². The average Bonchev–Trinajstić information content (AvgIpc) is 2.25. The maximum atomic E-state index is 10.9. The van der Waals surface area contributed by atoms with Gasteiger partial charge in [-0.05, 0) is 12.0 Å². The molecule has 0 aliphatic carbocycles. The van der Waals surface area contributed by atoms with Gasteiger partial charge in [0, 0.05) is 6.54 Å². The van der Waals surface area contributed by atoms with Crippen LogP contribution >= 0.6 is 0 Å². The Bertz CT molecular complexity index is 339. The molecule has 0 aliphatic rings. The van der Waals surface area contributed by atoms with Crippen molar-refractivity contribution in [3.8, 4) is 0 Å². The highest BCUT2D eigenvalue weighted by Gasteiger charge is 2.15. The molecule has 0 fully saturated rings. The number of benzene rings is 1. The van der Waals surface area contributed by atoms with Crippen molar-refractivity contribution in [3.63, 3.8) is 0 Å². The van der Waals surface area contributed by atoms with E-state index in [0.717, 1.165) is 5.56 Å². The van der Waals surface area contributed by atoms with Crippen LogP contribution in [0.3, 0.4) is 0 Å². The Balaban J connectivity index is -0.000000281. The molecule has 3 nitrogen and oxygen atoms in total. The van der Waals surface area contributed by atoms with Crippen molar-refractivity contribution in [1.82, 2.24) is 5.32 Å². The number of hydrogen-bond acceptors (Lipinski definition) is 2. The molecule has 0 heterocycles. The minimum atomic E-state index is -0.833. The van der Waals surface area contributed by atoms with E-state index in [4.69, 9.17) is 5.11 Å². The van der Waals surface area contributed by atoms with E-state index in [1.165, 1.54) is 0 Å². The second-order valence-corrected chi connectivity index (χ2v) is 3.28. The smallest absolute Gasteiger partial charge is 0.321 e. The molecule has 0 saturated heterocycles. The summed E-state index contributed by atoms with van der Waals surface area (Å²) < 4.78 is 0. The normalized spacial score (nSPS) is 9.47. The second kappa shape index (κ2) is 14.3. The standard InChI is InChI=1S/C12H15NO2.BH3.3FH/c1-2-8-13-11(12(14)15)9-10-6-4-3-5-7-10;;;;/h2-7,11,13H,1,8-9H2,(H,14,15);1H3;3*1H. The quantitative estimate of drug-likeness (QED) is 0.596. The molecule has 110 valence electrons. The third kappa shape index (κ3) is 9.90. The van der Waals surface area contributed by atoms with Crippen molar-refractivity contribution in [2.75, 3.05) is 6.54 Å². The van der Waals surface area contributed by atoms with E-state index in [9.17, 15) is 4.79 Å². The Labute approximate surface area is 112 Å². The Morgan fingerprint density at radius 2 is 1.79 bits per heavy atom. The number of halogens is 3. The molecule has 1 aromatic carbocycles. The molecule has 0 saturated carbocycles. The van der Waals surface area contributed by atoms with Gasteiger partial charge in [-0.1, -0.05) is 36.4 Å². The van der Waals surface area contributed by atoms with Gasteiger partial charge in [-0.2, -0.15) is 0 Å². The zero-order chi connectivity index (χ0) is 11.1. The maximum absolute atomic E-state index is 10.9. The Kier molecular flexibility index (Phi) is 19.5. The van der Waals surface area contributed by atoms with Crippen LogP contribution in [0.4, 0.5) is 14.1 Å². The van der Waals surface area contributed by atoms with E-state index in [0.29, 0.717) is 13.0 Å². The summed E-state index contributed by atoms with van der Waals surface area (Å²) in [7, 11) is 0. The van der Waals surface area contributed by atoms with Crippen molar-refractivity contribution < 1.29 is 24.0 Å². The third-order valence-corrected chi connectivity index (χ3v) is 2.09. The summed E-state index contributed by atoms with van der Waals surface area (Å²) in [5.41, 5.74) is 1.02. The number of aliphatic carboxylic acids is 1. The first-order valence-corrected chi connectivity index (χ1v) is 4.85. The molecule has 0 radical (unpaired) electrons. The van der Waals surface area contributed by atoms with Crippen molar-refractivity contribution in [1.29, 1.82) is 0 Å². The summed E-state index contributed by atoms with van der Waals surface area (Å²) in [6, 6.07) is 9.02. The Hall–Kier alpha value is -1.76. The van der Waals surface area contributed by atoms with Gasteiger partial charge in [0.05, 0.1) is 8.41 Å². The van der Waals surface area contributed by atoms with Gasteiger partial charge < -0.3 is 10.4 Å². The van der Waals surface area contributed by atoms with Crippen LogP contribution in [0.25, 0.3) is 0 Å². The minimum Gasteiger partial charge on any atom is -0.480 e. The average molecular weight is 279 g/mol. The van der Waals surface area contributed by atoms with Gasteiger partial charge >= 0.3 is 5.97 Å². The van der Waals surface area contributed by atoms with Gasteiger partial charge in [0.2, 0.25) is 0 Å². The van der Waals surface area contributed by atoms with Crippen LogP contribution in [-0.4, -0.2) is 32.1 Å². The summed E-state index contributed by atoms with van der Waals surface area (Å²) in [4.78, 5) is 10.9. The SMILES string of the molecule is B.C=CCNC(Cc1ccccc1)C(=O)O.F.F.F. The van der Waals surface area contributed by atoms with Gasteiger partial charge in [-0.15, -0.1) is 6.58 Å². The first kappa shape index (κ1) is 25.9. The van der Waals surface area contributed by atoms with Crippen molar-refractivity contribution in [2.24, 2.45) is 0 Å². The Morgan fingerprint density at radius 3 is 2.21 bits per heavy atom. The number of hydrogen-bond donors (Lipinski definition) is 2. The molecule has 0 spiro atoms. The fraction of sp³-hybridized carbons (Fsp3) is 0.250. The fourth-order valence-corrected chi connectivity index (χ4v) is 1.32. The molecule has 1 aromatic rings. The van der Waals surface area contributed by atoms with Gasteiger partial charge in [0.25, 0.3) is 0 Å². The van der Waals surface area contributed by atoms with Crippen molar-refractivity contribution in [3.05, 3.63) is 48.6 Å². The van der Waals surface area contributed by atoms with Crippen LogP contribution in [0.2, 0.25) is 0 Å². The number of carboxylic acid groups (broad SMARTS) is 1. The van der Waals surface area contributed by atoms with E-state index < -0.39 is 12.0 Å². The van der Waals surface area contributed by atoms with E-state index in [1.807, 2.05) is 30.3 Å². The lowest BCUT2D eigenvalue weighted by atomic mass is 10.1. The van der Waals surface area contributed by atoms with Gasteiger partial charge in [-0.25, -0.2) is 0 Å². The molecule has 0 aliphatic heterocycles. The van der Waals surface area contributed by atoms with Crippen molar-refractivity contribution in [2.45, 2.75) is 12.5 Å². The zero-order valence-corrected chi connectivity index (χ0v) is 9.74. The summed E-state index contributed by atoms with van der Waals surface area (Å²) in [6.45, 7) is 4.05. The highest BCUT2D eigenvalue weighted by molar-refractivity contribution is 5.75. The topological polar surface area (TPSA) is 49.3 Å². The molecule has 0 bridgehead atoms. The molecule has 1 atom stereocenters. The van der Waals surface area contributed by atoms with Gasteiger partial charge in [0.15, 0.2) is 0 Å². The van der Waals surface area contributed by atoms with E-state index >= 15 is 0 Å². The molecule has 7 heteroatoms. The molecule has 1 rings (SSSR count). The zero-order valence-electron chi connectivity index (χ0n) is 9.74. The molecular formula is C12H21BF3NO2. The Morgan fingerprint density at radius 1 is 1.26 bits per heavy atom. The molecule has 1 unspecified atom stereocenters. The molecular weight excluding hydrogens is 258 g/mol. The van der Waals surface area contributed by atoms with Crippen LogP contribution in [0.5, 0.6) is 0 Å². The minimum absolute atomic E-state index is 0. The van der Waals surface area contributed by atoms with Gasteiger partial charge in [-0.3, -0.25) is 18.9 Å². The van der Waals surface area contributed by atoms with Crippen LogP contribution in [0.15, 0.2) is 43.0 Å². The van der Waals surface area contributed by atoms with E-state index in [-0.39, 0.29) is 22.5 Å². The summed E-state index contributed by atoms with van der Waals surface area (Å²) in [6.07, 6.45) is 2.14. The lowest BCUT2D eigenvalue weighted by molar-refractivity contribution is -0.139. The molecule has 2 N–H and O–H groups in total. The highest BCUT2D eigenvalue weighted by Crippen LogP contribution is 2.03. The van der Waals surface area contributed by atoms with Crippen LogP contribution in [-0.2, 0) is 11.2 Å². The molecule has 0 aromatic heterocycles. The van der Waals surface area contributed by atoms with E-state index in [2.05, 4.69) is 11.9 Å². The number of carbonyl (C=O) groups is 1. The summed E-state index contributed by atoms with van der Waals surface area (Å²) >= 11 is 0.